The molecule has 0 aliphatic rings. The van der Waals surface area contributed by atoms with Gasteiger partial charge in [0, 0.05) is 24.8 Å². The first kappa shape index (κ1) is 13.1. The predicted molar refractivity (Wildman–Crippen MR) is 75.6 cm³/mol. The SMILES string of the molecule is CCN(CC)c1ccc2nc(/C=N/N)c(=O)oc2c1. The zero-order valence-electron chi connectivity index (χ0n) is 11.0. The van der Waals surface area contributed by atoms with Crippen LogP contribution < -0.4 is 16.4 Å². The summed E-state index contributed by atoms with van der Waals surface area (Å²) in [6.07, 6.45) is 1.18. The van der Waals surface area contributed by atoms with E-state index in [0.717, 1.165) is 18.8 Å². The fourth-order valence-corrected chi connectivity index (χ4v) is 1.94. The van der Waals surface area contributed by atoms with E-state index in [-0.39, 0.29) is 5.69 Å². The fourth-order valence-electron chi connectivity index (χ4n) is 1.94. The van der Waals surface area contributed by atoms with Crippen molar-refractivity contribution in [2.24, 2.45) is 10.9 Å². The predicted octanol–water partition coefficient (Wildman–Crippen LogP) is 1.33. The summed E-state index contributed by atoms with van der Waals surface area (Å²) >= 11 is 0. The summed E-state index contributed by atoms with van der Waals surface area (Å²) in [5, 5.41) is 3.29. The van der Waals surface area contributed by atoms with Crippen molar-refractivity contribution in [3.8, 4) is 0 Å². The lowest BCUT2D eigenvalue weighted by Gasteiger charge is -2.20. The summed E-state index contributed by atoms with van der Waals surface area (Å²) in [6.45, 7) is 5.92. The number of nitrogens with zero attached hydrogens (tertiary/aromatic N) is 3. The Morgan fingerprint density at radius 1 is 1.42 bits per heavy atom. The van der Waals surface area contributed by atoms with Crippen LogP contribution in [0.15, 0.2) is 32.5 Å². The van der Waals surface area contributed by atoms with E-state index >= 15 is 0 Å². The number of rotatable bonds is 4. The van der Waals surface area contributed by atoms with Gasteiger partial charge >= 0.3 is 5.63 Å². The molecule has 19 heavy (non-hydrogen) atoms. The zero-order chi connectivity index (χ0) is 13.8. The standard InChI is InChI=1S/C13H16N4O2/c1-3-17(4-2)9-5-6-10-12(7-9)19-13(18)11(16-10)8-15-14/h5-8H,3-4,14H2,1-2H3/b15-8+. The van der Waals surface area contributed by atoms with Crippen molar-refractivity contribution in [1.82, 2.24) is 4.98 Å². The molecule has 0 amide bonds. The maximum atomic E-state index is 11.7. The number of anilines is 1. The van der Waals surface area contributed by atoms with E-state index in [2.05, 4.69) is 28.8 Å². The molecule has 0 bridgehead atoms. The number of aromatic nitrogens is 1. The molecule has 0 fully saturated rings. The van der Waals surface area contributed by atoms with Crippen molar-refractivity contribution in [3.63, 3.8) is 0 Å². The third-order valence-electron chi connectivity index (χ3n) is 2.92. The highest BCUT2D eigenvalue weighted by Gasteiger charge is 2.08. The van der Waals surface area contributed by atoms with Gasteiger partial charge in [-0.15, -0.1) is 0 Å². The van der Waals surface area contributed by atoms with Gasteiger partial charge in [-0.1, -0.05) is 0 Å². The fraction of sp³-hybridized carbons (Fsp3) is 0.308. The molecular formula is C13H16N4O2. The summed E-state index contributed by atoms with van der Waals surface area (Å²) in [6, 6.07) is 5.59. The van der Waals surface area contributed by atoms with Crippen LogP contribution in [-0.2, 0) is 0 Å². The molecule has 6 heteroatoms. The number of fused-ring (bicyclic) bond motifs is 1. The van der Waals surface area contributed by atoms with E-state index in [0.29, 0.717) is 11.1 Å². The lowest BCUT2D eigenvalue weighted by Crippen LogP contribution is -2.21. The topological polar surface area (TPSA) is 84.7 Å². The van der Waals surface area contributed by atoms with Crippen LogP contribution in [0.25, 0.3) is 11.1 Å². The van der Waals surface area contributed by atoms with Crippen molar-refractivity contribution >= 4 is 23.0 Å². The third kappa shape index (κ3) is 2.57. The number of nitrogens with two attached hydrogens (primary N) is 1. The minimum atomic E-state index is -0.543. The molecular weight excluding hydrogens is 244 g/mol. The maximum absolute atomic E-state index is 11.7. The lowest BCUT2D eigenvalue weighted by atomic mass is 10.2. The molecule has 1 heterocycles. The molecule has 100 valence electrons. The van der Waals surface area contributed by atoms with E-state index in [1.165, 1.54) is 6.21 Å². The van der Waals surface area contributed by atoms with Gasteiger partial charge in [-0.05, 0) is 26.0 Å². The average Bonchev–Trinajstić information content (AvgIpc) is 2.41. The van der Waals surface area contributed by atoms with Crippen LogP contribution in [0.5, 0.6) is 0 Å². The van der Waals surface area contributed by atoms with Crippen molar-refractivity contribution in [2.75, 3.05) is 18.0 Å². The first-order valence-electron chi connectivity index (χ1n) is 6.12. The van der Waals surface area contributed by atoms with Crippen molar-refractivity contribution in [1.29, 1.82) is 0 Å². The van der Waals surface area contributed by atoms with E-state index in [1.807, 2.05) is 18.2 Å². The van der Waals surface area contributed by atoms with Gasteiger partial charge in [-0.25, -0.2) is 9.78 Å². The largest absolute Gasteiger partial charge is 0.419 e. The molecule has 0 radical (unpaired) electrons. The quantitative estimate of drug-likeness (QED) is 0.509. The summed E-state index contributed by atoms with van der Waals surface area (Å²) in [4.78, 5) is 18.0. The summed E-state index contributed by atoms with van der Waals surface area (Å²) in [7, 11) is 0. The van der Waals surface area contributed by atoms with Gasteiger partial charge in [0.15, 0.2) is 11.3 Å². The number of hydrogen-bond donors (Lipinski definition) is 1. The van der Waals surface area contributed by atoms with Gasteiger partial charge < -0.3 is 15.2 Å². The van der Waals surface area contributed by atoms with Crippen molar-refractivity contribution in [2.45, 2.75) is 13.8 Å². The van der Waals surface area contributed by atoms with Gasteiger partial charge in [-0.2, -0.15) is 5.10 Å². The molecule has 0 aliphatic heterocycles. The Bertz CT molecular complexity index is 659. The molecule has 2 rings (SSSR count). The number of hydrazone groups is 1. The first-order valence-corrected chi connectivity index (χ1v) is 6.12. The van der Waals surface area contributed by atoms with Crippen molar-refractivity contribution in [3.05, 3.63) is 34.3 Å². The molecule has 0 saturated carbocycles. The third-order valence-corrected chi connectivity index (χ3v) is 2.92. The molecule has 1 aromatic heterocycles. The van der Waals surface area contributed by atoms with Crippen molar-refractivity contribution < 1.29 is 4.42 Å². The second-order valence-electron chi connectivity index (χ2n) is 3.99. The second-order valence-corrected chi connectivity index (χ2v) is 3.99. The van der Waals surface area contributed by atoms with Gasteiger partial charge in [-0.3, -0.25) is 0 Å². The normalized spacial score (nSPS) is 11.3. The lowest BCUT2D eigenvalue weighted by molar-refractivity contribution is 0.553. The van der Waals surface area contributed by atoms with Crippen LogP contribution in [-0.4, -0.2) is 24.3 Å². The summed E-state index contributed by atoms with van der Waals surface area (Å²) < 4.78 is 5.23. The minimum absolute atomic E-state index is 0.102. The molecule has 0 atom stereocenters. The maximum Gasteiger partial charge on any atom is 0.364 e. The Labute approximate surface area is 110 Å². The average molecular weight is 260 g/mol. The molecule has 6 nitrogen and oxygen atoms in total. The Morgan fingerprint density at radius 2 is 2.16 bits per heavy atom. The number of benzene rings is 1. The van der Waals surface area contributed by atoms with Crippen LogP contribution in [0.4, 0.5) is 5.69 Å². The Balaban J connectivity index is 2.56. The van der Waals surface area contributed by atoms with Crippen LogP contribution in [0.1, 0.15) is 19.5 Å². The molecule has 0 spiro atoms. The zero-order valence-corrected chi connectivity index (χ0v) is 11.0. The monoisotopic (exact) mass is 260 g/mol. The molecule has 0 saturated heterocycles. The second kappa shape index (κ2) is 5.51. The molecule has 2 aromatic rings. The molecule has 0 aliphatic carbocycles. The smallest absolute Gasteiger partial charge is 0.364 e. The number of hydrogen-bond acceptors (Lipinski definition) is 6. The van der Waals surface area contributed by atoms with Crippen LogP contribution in [0.3, 0.4) is 0 Å². The highest BCUT2D eigenvalue weighted by molar-refractivity contribution is 5.82. The Hall–Kier alpha value is -2.37. The van der Waals surface area contributed by atoms with E-state index in [4.69, 9.17) is 10.3 Å². The van der Waals surface area contributed by atoms with Gasteiger partial charge in [0.05, 0.1) is 6.21 Å². The molecule has 1 aromatic carbocycles. The first-order chi connectivity index (χ1) is 9.19. The summed E-state index contributed by atoms with van der Waals surface area (Å²) in [5.74, 6) is 5.02. The van der Waals surface area contributed by atoms with Gasteiger partial charge in [0.1, 0.15) is 5.52 Å². The Kier molecular flexibility index (Phi) is 3.79. The van der Waals surface area contributed by atoms with E-state index in [9.17, 15) is 4.79 Å². The van der Waals surface area contributed by atoms with Crippen LogP contribution in [0.2, 0.25) is 0 Å². The minimum Gasteiger partial charge on any atom is -0.419 e. The van der Waals surface area contributed by atoms with Gasteiger partial charge in [0.2, 0.25) is 0 Å². The molecule has 2 N–H and O–H groups in total. The van der Waals surface area contributed by atoms with E-state index < -0.39 is 5.63 Å². The Morgan fingerprint density at radius 3 is 2.79 bits per heavy atom. The van der Waals surface area contributed by atoms with E-state index in [1.54, 1.807) is 0 Å². The highest BCUT2D eigenvalue weighted by Crippen LogP contribution is 2.20. The highest BCUT2D eigenvalue weighted by atomic mass is 16.4. The van der Waals surface area contributed by atoms with Crippen LogP contribution in [0, 0.1) is 0 Å². The molecule has 0 unspecified atom stereocenters. The van der Waals surface area contributed by atoms with Gasteiger partial charge in [0.25, 0.3) is 0 Å². The summed E-state index contributed by atoms with van der Waals surface area (Å²) in [5.41, 5.74) is 1.63. The van der Waals surface area contributed by atoms with Crippen LogP contribution >= 0.6 is 0 Å².